The molecule has 39 heavy (non-hydrogen) atoms. The summed E-state index contributed by atoms with van der Waals surface area (Å²) in [7, 11) is 0. The Balaban J connectivity index is 2.24. The first-order valence-corrected chi connectivity index (χ1v) is 16.6. The van der Waals surface area contributed by atoms with Gasteiger partial charge in [-0.15, -0.1) is 0 Å². The number of carbonyl (C=O) groups is 3. The Morgan fingerprint density at radius 1 is 0.538 bits per heavy atom. The number of rotatable bonds is 25. The highest BCUT2D eigenvalue weighted by Gasteiger charge is 2.46. The van der Waals surface area contributed by atoms with Crippen molar-refractivity contribution in [3.8, 4) is 0 Å². The summed E-state index contributed by atoms with van der Waals surface area (Å²) in [6.45, 7) is 5.11. The Labute approximate surface area is 239 Å². The molecule has 1 aliphatic rings. The Morgan fingerprint density at radius 3 is 1.15 bits per heavy atom. The average Bonchev–Trinajstić information content (AvgIpc) is 2.93. The Kier molecular flexibility index (Phi) is 22.0. The summed E-state index contributed by atoms with van der Waals surface area (Å²) >= 11 is 0. The molecule has 1 saturated carbocycles. The third-order valence-corrected chi connectivity index (χ3v) is 8.27. The van der Waals surface area contributed by atoms with Gasteiger partial charge in [0.2, 0.25) is 0 Å². The van der Waals surface area contributed by atoms with E-state index < -0.39 is 35.7 Å². The monoisotopic (exact) mass is 552 g/mol. The van der Waals surface area contributed by atoms with Crippen LogP contribution < -0.4 is 0 Å². The third kappa shape index (κ3) is 17.0. The van der Waals surface area contributed by atoms with Gasteiger partial charge in [-0.25, -0.2) is 0 Å². The lowest BCUT2D eigenvalue weighted by molar-refractivity contribution is -0.169. The summed E-state index contributed by atoms with van der Waals surface area (Å²) in [5.41, 5.74) is 0. The molecule has 0 aromatic carbocycles. The molecule has 1 rings (SSSR count). The maximum atomic E-state index is 12.8. The quantitative estimate of drug-likeness (QED) is 0.0897. The van der Waals surface area contributed by atoms with Crippen molar-refractivity contribution in [2.24, 2.45) is 17.8 Å². The molecule has 6 heteroatoms. The molecule has 228 valence electrons. The van der Waals surface area contributed by atoms with Crippen LogP contribution in [-0.4, -0.2) is 36.2 Å². The summed E-state index contributed by atoms with van der Waals surface area (Å²) in [6.07, 6.45) is 25.6. The first-order valence-electron chi connectivity index (χ1n) is 16.6. The molecular weight excluding hydrogens is 492 g/mol. The van der Waals surface area contributed by atoms with Crippen molar-refractivity contribution in [3.63, 3.8) is 0 Å². The summed E-state index contributed by atoms with van der Waals surface area (Å²) in [4.78, 5) is 37.6. The van der Waals surface area contributed by atoms with Gasteiger partial charge in [-0.3, -0.25) is 14.4 Å². The van der Waals surface area contributed by atoms with E-state index in [4.69, 9.17) is 9.47 Å². The van der Waals surface area contributed by atoms with E-state index in [1.54, 1.807) is 0 Å². The maximum absolute atomic E-state index is 12.8. The van der Waals surface area contributed by atoms with Gasteiger partial charge in [0.05, 0.1) is 31.0 Å². The highest BCUT2D eigenvalue weighted by molar-refractivity contribution is 5.86. The molecule has 0 heterocycles. The van der Waals surface area contributed by atoms with Crippen molar-refractivity contribution in [1.29, 1.82) is 0 Å². The number of aliphatic carboxylic acids is 1. The predicted molar refractivity (Wildman–Crippen MR) is 158 cm³/mol. The summed E-state index contributed by atoms with van der Waals surface area (Å²) in [6, 6.07) is 0. The molecule has 0 radical (unpaired) electrons. The number of esters is 2. The zero-order valence-corrected chi connectivity index (χ0v) is 25.4. The second-order valence-corrected chi connectivity index (χ2v) is 11.7. The first kappa shape index (κ1) is 35.4. The second-order valence-electron chi connectivity index (χ2n) is 11.7. The van der Waals surface area contributed by atoms with Crippen molar-refractivity contribution in [3.05, 3.63) is 0 Å². The van der Waals surface area contributed by atoms with Gasteiger partial charge in [-0.1, -0.05) is 136 Å². The Bertz CT molecular complexity index is 588. The first-order chi connectivity index (χ1) is 19.0. The lowest BCUT2D eigenvalue weighted by Crippen LogP contribution is -2.43. The maximum Gasteiger partial charge on any atom is 0.309 e. The van der Waals surface area contributed by atoms with Crippen LogP contribution in [0.4, 0.5) is 0 Å². The minimum atomic E-state index is -1.10. The fraction of sp³-hybridized carbons (Fsp3) is 0.909. The molecule has 0 aromatic heterocycles. The van der Waals surface area contributed by atoms with Gasteiger partial charge in [-0.2, -0.15) is 0 Å². The summed E-state index contributed by atoms with van der Waals surface area (Å²) in [5.74, 6) is -4.63. The van der Waals surface area contributed by atoms with E-state index in [1.807, 2.05) is 0 Å². The van der Waals surface area contributed by atoms with Crippen molar-refractivity contribution in [2.75, 3.05) is 13.2 Å². The second kappa shape index (κ2) is 24.2. The summed E-state index contributed by atoms with van der Waals surface area (Å²) in [5, 5.41) is 9.88. The highest BCUT2D eigenvalue weighted by atomic mass is 16.5. The fourth-order valence-electron chi connectivity index (χ4n) is 5.81. The van der Waals surface area contributed by atoms with Crippen LogP contribution in [0.2, 0.25) is 0 Å². The lowest BCUT2D eigenvalue weighted by Gasteiger charge is -2.32. The normalized spacial score (nSPS) is 19.1. The van der Waals surface area contributed by atoms with Gasteiger partial charge in [0.15, 0.2) is 0 Å². The van der Waals surface area contributed by atoms with Gasteiger partial charge >= 0.3 is 17.9 Å². The average molecular weight is 553 g/mol. The van der Waals surface area contributed by atoms with Crippen LogP contribution in [0.1, 0.15) is 162 Å². The molecule has 2 atom stereocenters. The van der Waals surface area contributed by atoms with Crippen LogP contribution in [0.5, 0.6) is 0 Å². The van der Waals surface area contributed by atoms with Crippen molar-refractivity contribution in [2.45, 2.75) is 162 Å². The number of unbranched alkanes of at least 4 members (excludes halogenated alkanes) is 18. The van der Waals surface area contributed by atoms with E-state index in [0.717, 1.165) is 38.5 Å². The van der Waals surface area contributed by atoms with Gasteiger partial charge in [-0.05, 0) is 25.7 Å². The minimum absolute atomic E-state index is 0.325. The van der Waals surface area contributed by atoms with E-state index in [1.165, 1.54) is 89.9 Å². The van der Waals surface area contributed by atoms with E-state index in [0.29, 0.717) is 32.5 Å². The van der Waals surface area contributed by atoms with Gasteiger partial charge in [0.25, 0.3) is 0 Å². The standard InChI is InChI=1S/C33H60O6/c1-3-5-7-9-11-13-15-17-19-21-26-38-32(36)28-24-23-25-29(30(28)31(34)35)33(37)39-27-22-20-18-16-14-12-10-8-6-4-2/h28-30H,3-27H2,1-2H3,(H,34,35). The SMILES string of the molecule is CCCCCCCCCCCCOC(=O)C1CCCC(C(=O)OCCCCCCCCCCCC)C1C(=O)O. The zero-order chi connectivity index (χ0) is 28.6. The number of hydrogen-bond donors (Lipinski definition) is 1. The van der Waals surface area contributed by atoms with Gasteiger partial charge in [0, 0.05) is 0 Å². The molecule has 1 fully saturated rings. The van der Waals surface area contributed by atoms with E-state index in [2.05, 4.69) is 13.8 Å². The van der Waals surface area contributed by atoms with Crippen LogP contribution in [0.15, 0.2) is 0 Å². The van der Waals surface area contributed by atoms with Crippen LogP contribution in [0, 0.1) is 17.8 Å². The van der Waals surface area contributed by atoms with Crippen LogP contribution >= 0.6 is 0 Å². The van der Waals surface area contributed by atoms with E-state index in [9.17, 15) is 19.5 Å². The summed E-state index contributed by atoms with van der Waals surface area (Å²) < 4.78 is 11.0. The number of carboxylic acid groups (broad SMARTS) is 1. The number of hydrogen-bond acceptors (Lipinski definition) is 5. The fourth-order valence-corrected chi connectivity index (χ4v) is 5.81. The number of ether oxygens (including phenoxy) is 2. The molecule has 1 N–H and O–H groups in total. The highest BCUT2D eigenvalue weighted by Crippen LogP contribution is 2.37. The molecule has 0 bridgehead atoms. The smallest absolute Gasteiger partial charge is 0.309 e. The zero-order valence-electron chi connectivity index (χ0n) is 25.4. The lowest BCUT2D eigenvalue weighted by atomic mass is 9.72. The Hall–Kier alpha value is -1.59. The van der Waals surface area contributed by atoms with E-state index in [-0.39, 0.29) is 0 Å². The van der Waals surface area contributed by atoms with Crippen molar-refractivity contribution >= 4 is 17.9 Å². The molecule has 0 amide bonds. The van der Waals surface area contributed by atoms with Crippen LogP contribution in [0.3, 0.4) is 0 Å². The van der Waals surface area contributed by atoms with Crippen LogP contribution in [-0.2, 0) is 23.9 Å². The minimum Gasteiger partial charge on any atom is -0.481 e. The molecule has 1 aliphatic carbocycles. The van der Waals surface area contributed by atoms with Gasteiger partial charge in [0.1, 0.15) is 0 Å². The number of carboxylic acids is 1. The third-order valence-electron chi connectivity index (χ3n) is 8.27. The van der Waals surface area contributed by atoms with Crippen molar-refractivity contribution in [1.82, 2.24) is 0 Å². The van der Waals surface area contributed by atoms with Crippen molar-refractivity contribution < 1.29 is 29.0 Å². The molecule has 0 spiro atoms. The molecular formula is C33H60O6. The largest absolute Gasteiger partial charge is 0.481 e. The molecule has 2 unspecified atom stereocenters. The predicted octanol–water partition coefficient (Wildman–Crippen LogP) is 9.03. The van der Waals surface area contributed by atoms with Crippen LogP contribution in [0.25, 0.3) is 0 Å². The molecule has 0 aromatic rings. The number of carbonyl (C=O) groups excluding carboxylic acids is 2. The van der Waals surface area contributed by atoms with E-state index >= 15 is 0 Å². The molecule has 0 saturated heterocycles. The Morgan fingerprint density at radius 2 is 0.846 bits per heavy atom. The topological polar surface area (TPSA) is 89.9 Å². The van der Waals surface area contributed by atoms with Gasteiger partial charge < -0.3 is 14.6 Å². The molecule has 0 aliphatic heterocycles. The molecule has 6 nitrogen and oxygen atoms in total.